The van der Waals surface area contributed by atoms with Gasteiger partial charge in [0.05, 0.1) is 33.1 Å². The molecule has 0 spiro atoms. The molecule has 1 amide bonds. The summed E-state index contributed by atoms with van der Waals surface area (Å²) in [5.41, 5.74) is 2.95. The average molecular weight is 440 g/mol. The summed E-state index contributed by atoms with van der Waals surface area (Å²) in [6, 6.07) is 12.8. The second kappa shape index (κ2) is 8.43. The zero-order chi connectivity index (χ0) is 22.1. The third-order valence-corrected chi connectivity index (χ3v) is 5.59. The van der Waals surface area contributed by atoms with Gasteiger partial charge in [-0.1, -0.05) is 23.7 Å². The zero-order valence-corrected chi connectivity index (χ0v) is 18.4. The number of pyridine rings is 1. The van der Waals surface area contributed by atoms with Crippen LogP contribution in [0.25, 0.3) is 10.9 Å². The van der Waals surface area contributed by atoms with Crippen molar-refractivity contribution >= 4 is 34.1 Å². The number of fused-ring (bicyclic) bond motifs is 1. The van der Waals surface area contributed by atoms with Crippen LogP contribution in [0.5, 0.6) is 17.2 Å². The number of benzene rings is 2. The average Bonchev–Trinajstić information content (AvgIpc) is 3.23. The minimum Gasteiger partial charge on any atom is -0.497 e. The largest absolute Gasteiger partial charge is 0.497 e. The maximum Gasteiger partial charge on any atom is 0.240 e. The number of hydrazone groups is 1. The maximum absolute atomic E-state index is 12.4. The highest BCUT2D eigenvalue weighted by Crippen LogP contribution is 2.39. The van der Waals surface area contributed by atoms with Gasteiger partial charge in [-0.3, -0.25) is 4.79 Å². The summed E-state index contributed by atoms with van der Waals surface area (Å²) in [4.78, 5) is 17.0. The molecule has 2 heterocycles. The number of hydrogen-bond donors (Lipinski definition) is 0. The lowest BCUT2D eigenvalue weighted by atomic mass is 9.98. The first-order valence-electron chi connectivity index (χ1n) is 9.69. The van der Waals surface area contributed by atoms with E-state index in [2.05, 4.69) is 10.1 Å². The second-order valence-corrected chi connectivity index (χ2v) is 7.49. The van der Waals surface area contributed by atoms with Crippen molar-refractivity contribution < 1.29 is 19.0 Å². The Balaban J connectivity index is 1.77. The Kier molecular flexibility index (Phi) is 5.69. The fourth-order valence-corrected chi connectivity index (χ4v) is 4.02. The highest BCUT2D eigenvalue weighted by Gasteiger charge is 2.34. The van der Waals surface area contributed by atoms with Crippen LogP contribution in [0.1, 0.15) is 30.5 Å². The van der Waals surface area contributed by atoms with Crippen LogP contribution in [0.15, 0.2) is 47.6 Å². The number of nitrogens with zero attached hydrogens (tertiary/aromatic N) is 3. The van der Waals surface area contributed by atoms with E-state index in [-0.39, 0.29) is 11.9 Å². The number of halogens is 1. The third kappa shape index (κ3) is 3.88. The fourth-order valence-electron chi connectivity index (χ4n) is 3.75. The van der Waals surface area contributed by atoms with Crippen molar-refractivity contribution in [2.24, 2.45) is 5.10 Å². The molecule has 1 aromatic heterocycles. The van der Waals surface area contributed by atoms with Crippen LogP contribution in [-0.2, 0) is 4.79 Å². The first-order chi connectivity index (χ1) is 14.9. The molecule has 7 nitrogen and oxygen atoms in total. The molecule has 1 aliphatic heterocycles. The van der Waals surface area contributed by atoms with Crippen LogP contribution < -0.4 is 14.2 Å². The molecule has 1 atom stereocenters. The van der Waals surface area contributed by atoms with Crippen LogP contribution in [0.4, 0.5) is 0 Å². The van der Waals surface area contributed by atoms with Crippen LogP contribution in [-0.4, -0.2) is 42.9 Å². The fraction of sp³-hybridized carbons (Fsp3) is 0.261. The first-order valence-corrected chi connectivity index (χ1v) is 10.1. The van der Waals surface area contributed by atoms with Crippen LogP contribution in [0.3, 0.4) is 0 Å². The van der Waals surface area contributed by atoms with E-state index >= 15 is 0 Å². The third-order valence-electron chi connectivity index (χ3n) is 5.29. The molecule has 31 heavy (non-hydrogen) atoms. The van der Waals surface area contributed by atoms with E-state index in [0.717, 1.165) is 22.2 Å². The topological polar surface area (TPSA) is 73.2 Å². The van der Waals surface area contributed by atoms with Crippen molar-refractivity contribution in [2.45, 2.75) is 19.4 Å². The zero-order valence-electron chi connectivity index (χ0n) is 17.7. The van der Waals surface area contributed by atoms with Gasteiger partial charge in [-0.2, -0.15) is 5.10 Å². The van der Waals surface area contributed by atoms with E-state index in [4.69, 9.17) is 25.8 Å². The molecule has 1 unspecified atom stereocenters. The minimum atomic E-state index is -0.375. The predicted octanol–water partition coefficient (Wildman–Crippen LogP) is 4.61. The number of carbonyl (C=O) groups is 1. The Morgan fingerprint density at radius 3 is 2.39 bits per heavy atom. The molecule has 0 N–H and O–H groups in total. The van der Waals surface area contributed by atoms with E-state index in [0.29, 0.717) is 34.3 Å². The molecule has 0 bridgehead atoms. The molecular weight excluding hydrogens is 418 g/mol. The Morgan fingerprint density at radius 1 is 1.06 bits per heavy atom. The normalized spacial score (nSPS) is 15.7. The molecule has 160 valence electrons. The van der Waals surface area contributed by atoms with E-state index in [1.54, 1.807) is 27.4 Å². The molecule has 0 saturated carbocycles. The number of rotatable bonds is 5. The quantitative estimate of drug-likeness (QED) is 0.543. The van der Waals surface area contributed by atoms with Crippen LogP contribution in [0.2, 0.25) is 5.15 Å². The van der Waals surface area contributed by atoms with Gasteiger partial charge < -0.3 is 14.2 Å². The Hall–Kier alpha value is -3.32. The molecule has 0 fully saturated rings. The predicted molar refractivity (Wildman–Crippen MR) is 119 cm³/mol. The maximum atomic E-state index is 12.4. The van der Waals surface area contributed by atoms with E-state index in [1.807, 2.05) is 36.4 Å². The van der Waals surface area contributed by atoms with Crippen molar-refractivity contribution in [1.82, 2.24) is 9.99 Å². The monoisotopic (exact) mass is 439 g/mol. The van der Waals surface area contributed by atoms with Gasteiger partial charge in [0.25, 0.3) is 0 Å². The summed E-state index contributed by atoms with van der Waals surface area (Å²) in [5, 5.41) is 7.24. The number of methoxy groups -OCH3 is 3. The Labute approximate surface area is 185 Å². The van der Waals surface area contributed by atoms with Crippen molar-refractivity contribution in [3.8, 4) is 17.2 Å². The Morgan fingerprint density at radius 2 is 1.77 bits per heavy atom. The van der Waals surface area contributed by atoms with E-state index < -0.39 is 0 Å². The van der Waals surface area contributed by atoms with E-state index in [1.165, 1.54) is 11.9 Å². The molecule has 2 aromatic carbocycles. The van der Waals surface area contributed by atoms with Gasteiger partial charge in [0.1, 0.15) is 27.9 Å². The highest BCUT2D eigenvalue weighted by molar-refractivity contribution is 6.30. The number of ether oxygens (including phenoxy) is 3. The molecular formula is C23H22ClN3O4. The summed E-state index contributed by atoms with van der Waals surface area (Å²) in [5.74, 6) is 1.75. The molecule has 8 heteroatoms. The van der Waals surface area contributed by atoms with Gasteiger partial charge in [-0.25, -0.2) is 9.99 Å². The Bertz CT molecular complexity index is 1170. The lowest BCUT2D eigenvalue weighted by molar-refractivity contribution is -0.130. The molecule has 0 aliphatic carbocycles. The summed E-state index contributed by atoms with van der Waals surface area (Å²) in [6.07, 6.45) is 0.479. The summed E-state index contributed by atoms with van der Waals surface area (Å²) in [6.45, 7) is 1.48. The van der Waals surface area contributed by atoms with Crippen LogP contribution in [0, 0.1) is 0 Å². The molecule has 0 radical (unpaired) electrons. The van der Waals surface area contributed by atoms with Gasteiger partial charge in [0.15, 0.2) is 0 Å². The first kappa shape index (κ1) is 20.9. The van der Waals surface area contributed by atoms with Crippen molar-refractivity contribution in [3.05, 3.63) is 58.7 Å². The standard InChI is InChI=1S/C23H22ClN3O4/c1-13(28)27-20(12-19(26-27)15-8-16(29-2)11-17(9-15)30-3)18-10-14-6-5-7-21(31-4)22(14)25-23(18)24/h5-11,20H,12H2,1-4H3. The number of aromatic nitrogens is 1. The van der Waals surface area contributed by atoms with Gasteiger partial charge in [0, 0.05) is 35.9 Å². The van der Waals surface area contributed by atoms with Crippen molar-refractivity contribution in [1.29, 1.82) is 0 Å². The van der Waals surface area contributed by atoms with Crippen molar-refractivity contribution in [2.75, 3.05) is 21.3 Å². The molecule has 3 aromatic rings. The lowest BCUT2D eigenvalue weighted by Gasteiger charge is -2.21. The smallest absolute Gasteiger partial charge is 0.240 e. The summed E-state index contributed by atoms with van der Waals surface area (Å²) in [7, 11) is 4.78. The van der Waals surface area contributed by atoms with Gasteiger partial charge in [-0.15, -0.1) is 0 Å². The number of amides is 1. The van der Waals surface area contributed by atoms with E-state index in [9.17, 15) is 4.79 Å². The molecule has 1 aliphatic rings. The lowest BCUT2D eigenvalue weighted by Crippen LogP contribution is -2.24. The van der Waals surface area contributed by atoms with Gasteiger partial charge >= 0.3 is 0 Å². The highest BCUT2D eigenvalue weighted by atomic mass is 35.5. The second-order valence-electron chi connectivity index (χ2n) is 7.13. The molecule has 0 saturated heterocycles. The van der Waals surface area contributed by atoms with Gasteiger partial charge in [0.2, 0.25) is 5.91 Å². The minimum absolute atomic E-state index is 0.184. The number of para-hydroxylation sites is 1. The number of carbonyl (C=O) groups excluding carboxylic acids is 1. The SMILES string of the molecule is COc1cc(OC)cc(C2=NN(C(C)=O)C(c3cc4cccc(OC)c4nc3Cl)C2)c1. The number of hydrogen-bond acceptors (Lipinski definition) is 6. The molecule has 4 rings (SSSR count). The van der Waals surface area contributed by atoms with Crippen LogP contribution >= 0.6 is 11.6 Å². The summed E-state index contributed by atoms with van der Waals surface area (Å²) < 4.78 is 16.1. The van der Waals surface area contributed by atoms with Gasteiger partial charge in [-0.05, 0) is 24.3 Å². The van der Waals surface area contributed by atoms with Crippen molar-refractivity contribution in [3.63, 3.8) is 0 Å². The summed E-state index contributed by atoms with van der Waals surface area (Å²) >= 11 is 6.58.